The fraction of sp³-hybridized carbons (Fsp3) is 0.867. The summed E-state index contributed by atoms with van der Waals surface area (Å²) in [5.41, 5.74) is 1.17. The van der Waals surface area contributed by atoms with E-state index in [0.717, 1.165) is 12.8 Å². The number of hydrogen-bond donors (Lipinski definition) is 1. The lowest BCUT2D eigenvalue weighted by Crippen LogP contribution is -2.21. The predicted octanol–water partition coefficient (Wildman–Crippen LogP) is 4.45. The second kappa shape index (κ2) is 7.89. The second-order valence-corrected chi connectivity index (χ2v) is 5.43. The molecule has 0 aromatic carbocycles. The van der Waals surface area contributed by atoms with Gasteiger partial charge in [0.05, 0.1) is 6.10 Å². The molecule has 1 aliphatic carbocycles. The van der Waals surface area contributed by atoms with Crippen LogP contribution in [-0.2, 0) is 0 Å². The molecule has 1 saturated carbocycles. The van der Waals surface area contributed by atoms with Crippen LogP contribution in [0.1, 0.15) is 71.1 Å². The zero-order valence-corrected chi connectivity index (χ0v) is 10.9. The molecule has 0 amide bonds. The molecule has 1 N–H and O–H groups in total. The molecule has 1 heteroatoms. The molecular formula is C15H28O. The van der Waals surface area contributed by atoms with E-state index >= 15 is 0 Å². The zero-order valence-electron chi connectivity index (χ0n) is 10.9. The third kappa shape index (κ3) is 5.16. The number of hydrogen-bond acceptors (Lipinski definition) is 1. The number of aliphatic hydroxyl groups excluding tert-OH is 1. The monoisotopic (exact) mass is 224 g/mol. The highest BCUT2D eigenvalue weighted by molar-refractivity contribution is 4.99. The van der Waals surface area contributed by atoms with Crippen molar-refractivity contribution < 1.29 is 5.11 Å². The Morgan fingerprint density at radius 3 is 1.81 bits per heavy atom. The van der Waals surface area contributed by atoms with Crippen LogP contribution in [0, 0.1) is 5.92 Å². The van der Waals surface area contributed by atoms with Gasteiger partial charge in [0, 0.05) is 5.92 Å². The Kier molecular flexibility index (Phi) is 6.79. The third-order valence-corrected chi connectivity index (χ3v) is 3.86. The van der Waals surface area contributed by atoms with E-state index < -0.39 is 0 Å². The highest BCUT2D eigenvalue weighted by Gasteiger charge is 2.19. The van der Waals surface area contributed by atoms with Gasteiger partial charge in [0.15, 0.2) is 0 Å². The van der Waals surface area contributed by atoms with Crippen molar-refractivity contribution in [1.29, 1.82) is 0 Å². The molecule has 0 bridgehead atoms. The van der Waals surface area contributed by atoms with Crippen molar-refractivity contribution in [1.82, 2.24) is 0 Å². The summed E-state index contributed by atoms with van der Waals surface area (Å²) in [7, 11) is 0. The number of rotatable bonds is 1. The van der Waals surface area contributed by atoms with E-state index in [9.17, 15) is 5.11 Å². The van der Waals surface area contributed by atoms with Gasteiger partial charge in [0.2, 0.25) is 0 Å². The molecule has 0 radical (unpaired) electrons. The molecule has 1 nitrogen and oxygen atoms in total. The van der Waals surface area contributed by atoms with Crippen molar-refractivity contribution in [3.8, 4) is 0 Å². The molecule has 2 atom stereocenters. The molecule has 94 valence electrons. The fourth-order valence-electron chi connectivity index (χ4n) is 2.75. The summed E-state index contributed by atoms with van der Waals surface area (Å²) in [5, 5.41) is 10.2. The summed E-state index contributed by atoms with van der Waals surface area (Å²) in [4.78, 5) is 0. The first-order valence-electron chi connectivity index (χ1n) is 7.05. The summed E-state index contributed by atoms with van der Waals surface area (Å²) in [6.07, 6.45) is 12.5. The van der Waals surface area contributed by atoms with E-state index in [1.54, 1.807) is 0 Å². The van der Waals surface area contributed by atoms with Crippen LogP contribution in [0.3, 0.4) is 0 Å². The Hall–Kier alpha value is -0.300. The first-order chi connectivity index (χ1) is 7.72. The van der Waals surface area contributed by atoms with Crippen molar-refractivity contribution in [3.63, 3.8) is 0 Å². The van der Waals surface area contributed by atoms with Crippen molar-refractivity contribution in [3.05, 3.63) is 12.2 Å². The van der Waals surface area contributed by atoms with Gasteiger partial charge in [0.1, 0.15) is 0 Å². The van der Waals surface area contributed by atoms with Crippen LogP contribution < -0.4 is 0 Å². The Bertz CT molecular complexity index is 198. The SMILES string of the molecule is C=C(C)C1CCCCCCCCCCC1O. The van der Waals surface area contributed by atoms with E-state index in [4.69, 9.17) is 0 Å². The molecule has 16 heavy (non-hydrogen) atoms. The highest BCUT2D eigenvalue weighted by Crippen LogP contribution is 2.25. The molecule has 1 fully saturated rings. The van der Waals surface area contributed by atoms with Crippen LogP contribution >= 0.6 is 0 Å². The van der Waals surface area contributed by atoms with Gasteiger partial charge in [-0.25, -0.2) is 0 Å². The summed E-state index contributed by atoms with van der Waals surface area (Å²) in [6, 6.07) is 0. The highest BCUT2D eigenvalue weighted by atomic mass is 16.3. The van der Waals surface area contributed by atoms with Gasteiger partial charge in [-0.15, -0.1) is 0 Å². The summed E-state index contributed by atoms with van der Waals surface area (Å²) in [5.74, 6) is 0.347. The average Bonchev–Trinajstić information content (AvgIpc) is 2.22. The van der Waals surface area contributed by atoms with Gasteiger partial charge in [-0.1, -0.05) is 63.5 Å². The van der Waals surface area contributed by atoms with E-state index in [2.05, 4.69) is 13.5 Å². The molecule has 0 saturated heterocycles. The summed E-state index contributed by atoms with van der Waals surface area (Å²) < 4.78 is 0. The van der Waals surface area contributed by atoms with Crippen LogP contribution in [0.15, 0.2) is 12.2 Å². The molecule has 1 aliphatic rings. The first-order valence-corrected chi connectivity index (χ1v) is 7.05. The van der Waals surface area contributed by atoms with Gasteiger partial charge < -0.3 is 5.11 Å². The minimum Gasteiger partial charge on any atom is -0.393 e. The Morgan fingerprint density at radius 1 is 0.875 bits per heavy atom. The minimum absolute atomic E-state index is 0.142. The van der Waals surface area contributed by atoms with E-state index in [0.29, 0.717) is 5.92 Å². The van der Waals surface area contributed by atoms with E-state index in [1.165, 1.54) is 56.9 Å². The largest absolute Gasteiger partial charge is 0.393 e. The lowest BCUT2D eigenvalue weighted by atomic mass is 9.86. The lowest BCUT2D eigenvalue weighted by Gasteiger charge is -2.24. The molecule has 2 unspecified atom stereocenters. The second-order valence-electron chi connectivity index (χ2n) is 5.43. The van der Waals surface area contributed by atoms with Crippen molar-refractivity contribution in [2.45, 2.75) is 77.2 Å². The smallest absolute Gasteiger partial charge is 0.0605 e. The van der Waals surface area contributed by atoms with Crippen LogP contribution in [0.25, 0.3) is 0 Å². The van der Waals surface area contributed by atoms with E-state index in [1.807, 2.05) is 0 Å². The Balaban J connectivity index is 2.43. The van der Waals surface area contributed by atoms with Gasteiger partial charge in [0.25, 0.3) is 0 Å². The third-order valence-electron chi connectivity index (χ3n) is 3.86. The normalized spacial score (nSPS) is 30.1. The van der Waals surface area contributed by atoms with Crippen LogP contribution in [0.4, 0.5) is 0 Å². The Morgan fingerprint density at radius 2 is 1.31 bits per heavy atom. The standard InChI is InChI=1S/C15H28O/c1-13(2)14-11-9-7-5-3-4-6-8-10-12-15(14)16/h14-16H,1,3-12H2,2H3. The summed E-state index contributed by atoms with van der Waals surface area (Å²) >= 11 is 0. The molecule has 0 aromatic heterocycles. The number of aliphatic hydroxyl groups is 1. The van der Waals surface area contributed by atoms with Crippen molar-refractivity contribution in [2.75, 3.05) is 0 Å². The minimum atomic E-state index is -0.142. The quantitative estimate of drug-likeness (QED) is 0.652. The fourth-order valence-corrected chi connectivity index (χ4v) is 2.75. The van der Waals surface area contributed by atoms with Crippen LogP contribution in [0.2, 0.25) is 0 Å². The zero-order chi connectivity index (χ0) is 11.8. The van der Waals surface area contributed by atoms with Gasteiger partial charge in [-0.05, 0) is 19.8 Å². The summed E-state index contributed by atoms with van der Waals surface area (Å²) in [6.45, 7) is 6.11. The molecule has 0 heterocycles. The maximum atomic E-state index is 10.2. The molecule has 0 aromatic rings. The van der Waals surface area contributed by atoms with Gasteiger partial charge in [-0.3, -0.25) is 0 Å². The topological polar surface area (TPSA) is 20.2 Å². The van der Waals surface area contributed by atoms with Gasteiger partial charge in [-0.2, -0.15) is 0 Å². The Labute approximate surface area is 101 Å². The van der Waals surface area contributed by atoms with Crippen molar-refractivity contribution >= 4 is 0 Å². The first kappa shape index (κ1) is 13.8. The molecular weight excluding hydrogens is 196 g/mol. The lowest BCUT2D eigenvalue weighted by molar-refractivity contribution is 0.106. The molecule has 0 spiro atoms. The maximum absolute atomic E-state index is 10.2. The van der Waals surface area contributed by atoms with Crippen LogP contribution in [-0.4, -0.2) is 11.2 Å². The average molecular weight is 224 g/mol. The van der Waals surface area contributed by atoms with E-state index in [-0.39, 0.29) is 6.10 Å². The van der Waals surface area contributed by atoms with Crippen LogP contribution in [0.5, 0.6) is 0 Å². The molecule has 0 aliphatic heterocycles. The molecule has 1 rings (SSSR count). The van der Waals surface area contributed by atoms with Gasteiger partial charge >= 0.3 is 0 Å². The maximum Gasteiger partial charge on any atom is 0.0605 e. The van der Waals surface area contributed by atoms with Crippen molar-refractivity contribution in [2.24, 2.45) is 5.92 Å². The predicted molar refractivity (Wildman–Crippen MR) is 70.5 cm³/mol.